The highest BCUT2D eigenvalue weighted by molar-refractivity contribution is 5.77. The van der Waals surface area contributed by atoms with Gasteiger partial charge in [0.15, 0.2) is 0 Å². The molecular formula is C14H22N2O2. The molecule has 1 aromatic carbocycles. The summed E-state index contributed by atoms with van der Waals surface area (Å²) in [6, 6.07) is 7.61. The minimum Gasteiger partial charge on any atom is -0.383 e. The van der Waals surface area contributed by atoms with Gasteiger partial charge in [-0.2, -0.15) is 0 Å². The molecular weight excluding hydrogens is 228 g/mol. The lowest BCUT2D eigenvalue weighted by molar-refractivity contribution is -0.122. The van der Waals surface area contributed by atoms with E-state index in [1.807, 2.05) is 38.1 Å². The van der Waals surface area contributed by atoms with E-state index in [-0.39, 0.29) is 18.0 Å². The molecule has 4 nitrogen and oxygen atoms in total. The molecule has 18 heavy (non-hydrogen) atoms. The average Bonchev–Trinajstić information content (AvgIpc) is 2.29. The van der Waals surface area contributed by atoms with Crippen molar-refractivity contribution in [3.05, 3.63) is 35.4 Å². The number of ether oxygens (including phenoxy) is 1. The highest BCUT2D eigenvalue weighted by atomic mass is 16.5. The monoisotopic (exact) mass is 250 g/mol. The van der Waals surface area contributed by atoms with Crippen LogP contribution in [0.5, 0.6) is 0 Å². The number of hydrogen-bond donors (Lipinski definition) is 2. The van der Waals surface area contributed by atoms with Crippen molar-refractivity contribution in [2.45, 2.75) is 32.4 Å². The molecule has 0 fully saturated rings. The van der Waals surface area contributed by atoms with Crippen molar-refractivity contribution in [2.24, 2.45) is 5.73 Å². The molecule has 0 bridgehead atoms. The third-order valence-electron chi connectivity index (χ3n) is 2.82. The molecule has 4 heteroatoms. The van der Waals surface area contributed by atoms with Crippen molar-refractivity contribution in [3.8, 4) is 0 Å². The summed E-state index contributed by atoms with van der Waals surface area (Å²) in [4.78, 5) is 11.8. The minimum atomic E-state index is -0.263. The van der Waals surface area contributed by atoms with Crippen LogP contribution in [-0.4, -0.2) is 25.7 Å². The van der Waals surface area contributed by atoms with E-state index < -0.39 is 0 Å². The van der Waals surface area contributed by atoms with Gasteiger partial charge in [0.05, 0.1) is 6.61 Å². The maximum Gasteiger partial charge on any atom is 0.222 e. The number of benzene rings is 1. The summed E-state index contributed by atoms with van der Waals surface area (Å²) < 4.78 is 4.97. The number of aryl methyl sites for hydroxylation is 1. The predicted octanol–water partition coefficient (Wildman–Crippen LogP) is 1.54. The first-order valence-corrected chi connectivity index (χ1v) is 6.14. The Hall–Kier alpha value is -1.39. The van der Waals surface area contributed by atoms with E-state index in [4.69, 9.17) is 10.5 Å². The van der Waals surface area contributed by atoms with Gasteiger partial charge in [-0.3, -0.25) is 4.79 Å². The molecule has 1 amide bonds. The van der Waals surface area contributed by atoms with Gasteiger partial charge in [0.1, 0.15) is 0 Å². The van der Waals surface area contributed by atoms with E-state index >= 15 is 0 Å². The SMILES string of the molecule is COCC(C)NC(=O)C[C@H](N)c1ccccc1C. The summed E-state index contributed by atoms with van der Waals surface area (Å²) in [7, 11) is 1.61. The maximum absolute atomic E-state index is 11.8. The van der Waals surface area contributed by atoms with Gasteiger partial charge < -0.3 is 15.8 Å². The van der Waals surface area contributed by atoms with Crippen LogP contribution in [0.4, 0.5) is 0 Å². The summed E-state index contributed by atoms with van der Waals surface area (Å²) in [5, 5.41) is 2.86. The molecule has 2 atom stereocenters. The summed E-state index contributed by atoms with van der Waals surface area (Å²) in [5.74, 6) is -0.0460. The van der Waals surface area contributed by atoms with Gasteiger partial charge in [-0.25, -0.2) is 0 Å². The minimum absolute atomic E-state index is 0.00608. The molecule has 0 spiro atoms. The van der Waals surface area contributed by atoms with Crippen molar-refractivity contribution in [1.82, 2.24) is 5.32 Å². The Morgan fingerprint density at radius 3 is 2.72 bits per heavy atom. The second-order valence-electron chi connectivity index (χ2n) is 4.59. The summed E-state index contributed by atoms with van der Waals surface area (Å²) in [5.41, 5.74) is 8.19. The Bertz CT molecular complexity index is 393. The largest absolute Gasteiger partial charge is 0.383 e. The van der Waals surface area contributed by atoms with Crippen LogP contribution in [0.25, 0.3) is 0 Å². The van der Waals surface area contributed by atoms with Gasteiger partial charge in [-0.15, -0.1) is 0 Å². The Balaban J connectivity index is 2.52. The van der Waals surface area contributed by atoms with Crippen molar-refractivity contribution in [2.75, 3.05) is 13.7 Å². The number of methoxy groups -OCH3 is 1. The van der Waals surface area contributed by atoms with Crippen LogP contribution in [-0.2, 0) is 9.53 Å². The normalized spacial score (nSPS) is 14.0. The van der Waals surface area contributed by atoms with Crippen LogP contribution in [0.3, 0.4) is 0 Å². The van der Waals surface area contributed by atoms with Crippen molar-refractivity contribution in [3.63, 3.8) is 0 Å². The van der Waals surface area contributed by atoms with Crippen molar-refractivity contribution in [1.29, 1.82) is 0 Å². The van der Waals surface area contributed by atoms with Crippen LogP contribution < -0.4 is 11.1 Å². The summed E-state index contributed by atoms with van der Waals surface area (Å²) in [6.07, 6.45) is 0.291. The quantitative estimate of drug-likeness (QED) is 0.805. The molecule has 0 aliphatic heterocycles. The van der Waals surface area contributed by atoms with Crippen LogP contribution in [0.2, 0.25) is 0 Å². The highest BCUT2D eigenvalue weighted by Gasteiger charge is 2.14. The predicted molar refractivity (Wildman–Crippen MR) is 72.2 cm³/mol. The lowest BCUT2D eigenvalue weighted by atomic mass is 9.99. The van der Waals surface area contributed by atoms with Crippen LogP contribution >= 0.6 is 0 Å². The van der Waals surface area contributed by atoms with Crippen molar-refractivity contribution >= 4 is 5.91 Å². The number of amides is 1. The number of hydrogen-bond acceptors (Lipinski definition) is 3. The van der Waals surface area contributed by atoms with E-state index in [1.54, 1.807) is 7.11 Å². The van der Waals surface area contributed by atoms with E-state index in [2.05, 4.69) is 5.32 Å². The first kappa shape index (κ1) is 14.7. The molecule has 0 aliphatic carbocycles. The third kappa shape index (κ3) is 4.47. The molecule has 0 heterocycles. The fourth-order valence-electron chi connectivity index (χ4n) is 1.94. The first-order valence-electron chi connectivity index (χ1n) is 6.14. The Kier molecular flexibility index (Phi) is 5.82. The summed E-state index contributed by atoms with van der Waals surface area (Å²) >= 11 is 0. The van der Waals surface area contributed by atoms with Gasteiger partial charge in [0.2, 0.25) is 5.91 Å². The molecule has 0 saturated carbocycles. The molecule has 3 N–H and O–H groups in total. The Morgan fingerprint density at radius 2 is 2.11 bits per heavy atom. The number of rotatable bonds is 6. The third-order valence-corrected chi connectivity index (χ3v) is 2.82. The number of nitrogens with one attached hydrogen (secondary N) is 1. The van der Waals surface area contributed by atoms with E-state index in [9.17, 15) is 4.79 Å². The van der Waals surface area contributed by atoms with Crippen LogP contribution in [0, 0.1) is 6.92 Å². The second kappa shape index (κ2) is 7.13. The summed E-state index contributed by atoms with van der Waals surface area (Å²) in [6.45, 7) is 4.41. The first-order chi connectivity index (χ1) is 8.54. The molecule has 100 valence electrons. The average molecular weight is 250 g/mol. The van der Waals surface area contributed by atoms with E-state index in [1.165, 1.54) is 0 Å². The smallest absolute Gasteiger partial charge is 0.222 e. The molecule has 1 rings (SSSR count). The standard InChI is InChI=1S/C14H22N2O2/c1-10-6-4-5-7-12(10)13(15)8-14(17)16-11(2)9-18-3/h4-7,11,13H,8-9,15H2,1-3H3,(H,16,17)/t11?,13-/m0/s1. The second-order valence-corrected chi connectivity index (χ2v) is 4.59. The molecule has 0 saturated heterocycles. The van der Waals surface area contributed by atoms with Gasteiger partial charge >= 0.3 is 0 Å². The lowest BCUT2D eigenvalue weighted by Gasteiger charge is -2.17. The molecule has 0 aliphatic rings. The Morgan fingerprint density at radius 1 is 1.44 bits per heavy atom. The Labute approximate surface area is 109 Å². The maximum atomic E-state index is 11.8. The number of carbonyl (C=O) groups is 1. The molecule has 0 radical (unpaired) electrons. The fourth-order valence-corrected chi connectivity index (χ4v) is 1.94. The zero-order chi connectivity index (χ0) is 13.5. The highest BCUT2D eigenvalue weighted by Crippen LogP contribution is 2.17. The van der Waals surface area contributed by atoms with Gasteiger partial charge in [-0.05, 0) is 25.0 Å². The van der Waals surface area contributed by atoms with Crippen LogP contribution in [0.15, 0.2) is 24.3 Å². The van der Waals surface area contributed by atoms with Crippen LogP contribution in [0.1, 0.15) is 30.5 Å². The molecule has 0 aromatic heterocycles. The molecule has 1 aromatic rings. The van der Waals surface area contributed by atoms with Crippen molar-refractivity contribution < 1.29 is 9.53 Å². The fraction of sp³-hybridized carbons (Fsp3) is 0.500. The molecule has 1 unspecified atom stereocenters. The zero-order valence-electron chi connectivity index (χ0n) is 11.3. The van der Waals surface area contributed by atoms with E-state index in [0.29, 0.717) is 13.0 Å². The van der Waals surface area contributed by atoms with Gasteiger partial charge in [-0.1, -0.05) is 24.3 Å². The number of carbonyl (C=O) groups excluding carboxylic acids is 1. The van der Waals surface area contributed by atoms with Gasteiger partial charge in [0.25, 0.3) is 0 Å². The topological polar surface area (TPSA) is 64.3 Å². The van der Waals surface area contributed by atoms with Gasteiger partial charge in [0, 0.05) is 25.6 Å². The number of nitrogens with two attached hydrogens (primary N) is 1. The zero-order valence-corrected chi connectivity index (χ0v) is 11.3. The lowest BCUT2D eigenvalue weighted by Crippen LogP contribution is -2.37. The van der Waals surface area contributed by atoms with E-state index in [0.717, 1.165) is 11.1 Å².